The topological polar surface area (TPSA) is 74.0 Å². The first-order chi connectivity index (χ1) is 5.54. The molecule has 4 N–H and O–H groups in total. The van der Waals surface area contributed by atoms with Gasteiger partial charge in [0.2, 0.25) is 0 Å². The minimum Gasteiger partial charge on any atom is -0.384 e. The van der Waals surface area contributed by atoms with E-state index in [2.05, 4.69) is 0 Å². The van der Waals surface area contributed by atoms with Crippen molar-refractivity contribution in [2.24, 2.45) is 5.73 Å². The highest BCUT2D eigenvalue weighted by molar-refractivity contribution is 5.97. The van der Waals surface area contributed by atoms with Gasteiger partial charge < -0.3 is 16.0 Å². The number of aromatic nitrogens is 1. The molecule has 0 bridgehead atoms. The summed E-state index contributed by atoms with van der Waals surface area (Å²) >= 11 is 0. The van der Waals surface area contributed by atoms with Crippen LogP contribution in [0.5, 0.6) is 0 Å². The van der Waals surface area contributed by atoms with Crippen LogP contribution in [0.4, 0.5) is 5.82 Å². The molecule has 0 radical (unpaired) electrons. The number of nitrogens with zero attached hydrogens (tertiary/aromatic N) is 1. The summed E-state index contributed by atoms with van der Waals surface area (Å²) in [5.74, 6) is -0.0376. The first-order valence-corrected chi connectivity index (χ1v) is 3.80. The number of hydrogen-bond acceptors (Lipinski definition) is 2. The highest BCUT2D eigenvalue weighted by Gasteiger charge is 2.11. The van der Waals surface area contributed by atoms with Crippen molar-refractivity contribution in [3.63, 3.8) is 0 Å². The summed E-state index contributed by atoms with van der Waals surface area (Å²) in [5.41, 5.74) is 11.2. The third-order valence-electron chi connectivity index (χ3n) is 1.78. The lowest BCUT2D eigenvalue weighted by atomic mass is 10.3. The quantitative estimate of drug-likeness (QED) is 0.682. The smallest absolute Gasteiger partial charge is 0.252 e. The number of carbonyl (C=O) groups excluding carboxylic acids is 1. The average Bonchev–Trinajstić information content (AvgIpc) is 2.30. The van der Waals surface area contributed by atoms with Crippen molar-refractivity contribution in [1.29, 1.82) is 0 Å². The number of carbonyl (C=O) groups is 1. The summed E-state index contributed by atoms with van der Waals surface area (Å²) in [6.45, 7) is 3.97. The lowest BCUT2D eigenvalue weighted by Gasteiger charge is -2.09. The molecule has 1 heterocycles. The van der Waals surface area contributed by atoms with Gasteiger partial charge in [-0.2, -0.15) is 0 Å². The van der Waals surface area contributed by atoms with Crippen LogP contribution in [0.15, 0.2) is 12.3 Å². The van der Waals surface area contributed by atoms with E-state index in [0.29, 0.717) is 11.4 Å². The number of nitrogen functional groups attached to an aromatic ring is 1. The molecule has 0 aliphatic rings. The fourth-order valence-electron chi connectivity index (χ4n) is 1.12. The molecule has 0 aromatic carbocycles. The summed E-state index contributed by atoms with van der Waals surface area (Å²) in [7, 11) is 0. The van der Waals surface area contributed by atoms with Gasteiger partial charge in [-0.25, -0.2) is 0 Å². The number of hydrogen-bond donors (Lipinski definition) is 2. The molecule has 1 amide bonds. The van der Waals surface area contributed by atoms with E-state index in [4.69, 9.17) is 11.5 Å². The maximum Gasteiger partial charge on any atom is 0.252 e. The Bertz CT molecular complexity index is 301. The molecule has 0 spiro atoms. The van der Waals surface area contributed by atoms with Gasteiger partial charge in [0, 0.05) is 12.2 Å². The molecule has 66 valence electrons. The predicted molar refractivity (Wildman–Crippen MR) is 47.7 cm³/mol. The van der Waals surface area contributed by atoms with Crippen molar-refractivity contribution in [2.45, 2.75) is 19.9 Å². The highest BCUT2D eigenvalue weighted by Crippen LogP contribution is 2.17. The van der Waals surface area contributed by atoms with Crippen LogP contribution in [-0.2, 0) is 0 Å². The Hall–Kier alpha value is -1.45. The van der Waals surface area contributed by atoms with Crippen LogP contribution in [0, 0.1) is 0 Å². The number of rotatable bonds is 2. The third-order valence-corrected chi connectivity index (χ3v) is 1.78. The van der Waals surface area contributed by atoms with Gasteiger partial charge >= 0.3 is 0 Å². The van der Waals surface area contributed by atoms with E-state index in [1.807, 2.05) is 13.8 Å². The highest BCUT2D eigenvalue weighted by atomic mass is 16.1. The Morgan fingerprint density at radius 3 is 2.42 bits per heavy atom. The third kappa shape index (κ3) is 1.28. The first kappa shape index (κ1) is 8.64. The van der Waals surface area contributed by atoms with Gasteiger partial charge in [-0.3, -0.25) is 4.79 Å². The Labute approximate surface area is 71.2 Å². The van der Waals surface area contributed by atoms with Gasteiger partial charge in [0.05, 0.1) is 5.56 Å². The molecule has 1 aromatic heterocycles. The standard InChI is InChI=1S/C8H13N3O/c1-5(2)11-4-3-6(7(11)9)8(10)12/h3-5H,9H2,1-2H3,(H2,10,12). The van der Waals surface area contributed by atoms with Crippen LogP contribution in [0.1, 0.15) is 30.2 Å². The molecular weight excluding hydrogens is 154 g/mol. The van der Waals surface area contributed by atoms with E-state index >= 15 is 0 Å². The zero-order valence-corrected chi connectivity index (χ0v) is 7.24. The molecule has 0 saturated heterocycles. The molecule has 4 nitrogen and oxygen atoms in total. The summed E-state index contributed by atoms with van der Waals surface area (Å²) in [6.07, 6.45) is 1.76. The van der Waals surface area contributed by atoms with Crippen molar-refractivity contribution in [3.8, 4) is 0 Å². The largest absolute Gasteiger partial charge is 0.384 e. The number of anilines is 1. The zero-order chi connectivity index (χ0) is 9.30. The average molecular weight is 167 g/mol. The molecule has 0 aliphatic heterocycles. The summed E-state index contributed by atoms with van der Waals surface area (Å²) < 4.78 is 1.81. The zero-order valence-electron chi connectivity index (χ0n) is 7.24. The molecule has 12 heavy (non-hydrogen) atoms. The fourth-order valence-corrected chi connectivity index (χ4v) is 1.12. The fraction of sp³-hybridized carbons (Fsp3) is 0.375. The number of primary amides is 1. The van der Waals surface area contributed by atoms with Crippen LogP contribution in [0.3, 0.4) is 0 Å². The molecule has 0 fully saturated rings. The van der Waals surface area contributed by atoms with Crippen LogP contribution in [0.25, 0.3) is 0 Å². The predicted octanol–water partition coefficient (Wildman–Crippen LogP) is 0.750. The van der Waals surface area contributed by atoms with Crippen LogP contribution in [-0.4, -0.2) is 10.5 Å². The van der Waals surface area contributed by atoms with Gasteiger partial charge in [0.25, 0.3) is 5.91 Å². The van der Waals surface area contributed by atoms with Crippen molar-refractivity contribution in [3.05, 3.63) is 17.8 Å². The van der Waals surface area contributed by atoms with E-state index in [9.17, 15) is 4.79 Å². The molecule has 1 aromatic rings. The van der Waals surface area contributed by atoms with E-state index in [1.165, 1.54) is 0 Å². The second-order valence-electron chi connectivity index (χ2n) is 2.98. The molecule has 1 rings (SSSR count). The van der Waals surface area contributed by atoms with Gasteiger partial charge in [-0.1, -0.05) is 0 Å². The Kier molecular flexibility index (Phi) is 2.08. The molecule has 0 aliphatic carbocycles. The monoisotopic (exact) mass is 167 g/mol. The Balaban J connectivity index is 3.13. The molecule has 0 saturated carbocycles. The van der Waals surface area contributed by atoms with E-state index in [0.717, 1.165) is 0 Å². The summed E-state index contributed by atoms with van der Waals surface area (Å²) in [6, 6.07) is 1.88. The van der Waals surface area contributed by atoms with Gasteiger partial charge in [0.15, 0.2) is 0 Å². The first-order valence-electron chi connectivity index (χ1n) is 3.80. The number of amides is 1. The van der Waals surface area contributed by atoms with Crippen LogP contribution in [0.2, 0.25) is 0 Å². The van der Waals surface area contributed by atoms with E-state index in [-0.39, 0.29) is 6.04 Å². The van der Waals surface area contributed by atoms with E-state index < -0.39 is 5.91 Å². The van der Waals surface area contributed by atoms with Gasteiger partial charge in [0.1, 0.15) is 5.82 Å². The second-order valence-corrected chi connectivity index (χ2v) is 2.98. The maximum atomic E-state index is 10.8. The van der Waals surface area contributed by atoms with Gasteiger partial charge in [-0.15, -0.1) is 0 Å². The molecular formula is C8H13N3O. The van der Waals surface area contributed by atoms with E-state index in [1.54, 1.807) is 16.8 Å². The van der Waals surface area contributed by atoms with Gasteiger partial charge in [-0.05, 0) is 19.9 Å². The molecule has 0 atom stereocenters. The lowest BCUT2D eigenvalue weighted by molar-refractivity contribution is 0.100. The normalized spacial score (nSPS) is 10.6. The SMILES string of the molecule is CC(C)n1ccc(C(N)=O)c1N. The van der Waals surface area contributed by atoms with Crippen molar-refractivity contribution < 1.29 is 4.79 Å². The van der Waals surface area contributed by atoms with Crippen LogP contribution < -0.4 is 11.5 Å². The lowest BCUT2D eigenvalue weighted by Crippen LogP contribution is -2.14. The summed E-state index contributed by atoms with van der Waals surface area (Å²) in [4.78, 5) is 10.8. The summed E-state index contributed by atoms with van der Waals surface area (Å²) in [5, 5.41) is 0. The second kappa shape index (κ2) is 2.89. The Morgan fingerprint density at radius 1 is 1.58 bits per heavy atom. The van der Waals surface area contributed by atoms with Crippen LogP contribution >= 0.6 is 0 Å². The minimum absolute atomic E-state index is 0.248. The van der Waals surface area contributed by atoms with Crippen molar-refractivity contribution >= 4 is 11.7 Å². The maximum absolute atomic E-state index is 10.8. The molecule has 4 heteroatoms. The minimum atomic E-state index is -0.480. The van der Waals surface area contributed by atoms with Crippen molar-refractivity contribution in [2.75, 3.05) is 5.73 Å². The number of nitrogens with two attached hydrogens (primary N) is 2. The van der Waals surface area contributed by atoms with Crippen molar-refractivity contribution in [1.82, 2.24) is 4.57 Å². The Morgan fingerprint density at radius 2 is 2.17 bits per heavy atom. The molecule has 0 unspecified atom stereocenters.